The van der Waals surface area contributed by atoms with E-state index in [0.29, 0.717) is 0 Å². The Morgan fingerprint density at radius 2 is 1.90 bits per heavy atom. The molecule has 0 amide bonds. The average molecular weight is 160 g/mol. The van der Waals surface area contributed by atoms with E-state index in [2.05, 4.69) is 12.6 Å². The van der Waals surface area contributed by atoms with Gasteiger partial charge in [-0.3, -0.25) is 0 Å². The molecule has 0 saturated heterocycles. The maximum absolute atomic E-state index is 5.45. The molecule has 1 aliphatic carbocycles. The highest BCUT2D eigenvalue weighted by atomic mass is 32.1. The Hall–Kier alpha value is 0.310. The smallest absolute Gasteiger partial charge is 0.0766 e. The third-order valence-corrected chi connectivity index (χ3v) is 3.06. The Kier molecular flexibility index (Phi) is 3.05. The standard InChI is InChI=1S/C8H16OS/c1-9-8(7-10)5-3-2-4-6-8/h10H,2-7H2,1H3. The molecule has 60 valence electrons. The largest absolute Gasteiger partial charge is 0.377 e. The molecule has 10 heavy (non-hydrogen) atoms. The van der Waals surface area contributed by atoms with Crippen LogP contribution < -0.4 is 0 Å². The van der Waals surface area contributed by atoms with Crippen LogP contribution in [0, 0.1) is 0 Å². The molecule has 0 aromatic rings. The molecule has 0 heterocycles. The van der Waals surface area contributed by atoms with Gasteiger partial charge in [0.05, 0.1) is 5.60 Å². The minimum atomic E-state index is 0.126. The number of methoxy groups -OCH3 is 1. The van der Waals surface area contributed by atoms with E-state index in [1.165, 1.54) is 32.1 Å². The lowest BCUT2D eigenvalue weighted by molar-refractivity contribution is -0.0187. The fourth-order valence-electron chi connectivity index (χ4n) is 1.62. The number of hydrogen-bond acceptors (Lipinski definition) is 2. The summed E-state index contributed by atoms with van der Waals surface area (Å²) in [5, 5.41) is 0. The minimum absolute atomic E-state index is 0.126. The summed E-state index contributed by atoms with van der Waals surface area (Å²) in [5.74, 6) is 0.878. The van der Waals surface area contributed by atoms with E-state index in [4.69, 9.17) is 4.74 Å². The highest BCUT2D eigenvalue weighted by Crippen LogP contribution is 2.31. The molecule has 1 nitrogen and oxygen atoms in total. The van der Waals surface area contributed by atoms with Gasteiger partial charge in [-0.05, 0) is 12.8 Å². The molecule has 2 heteroatoms. The lowest BCUT2D eigenvalue weighted by Gasteiger charge is -2.34. The van der Waals surface area contributed by atoms with Crippen molar-refractivity contribution in [3.63, 3.8) is 0 Å². The van der Waals surface area contributed by atoms with E-state index in [9.17, 15) is 0 Å². The first-order chi connectivity index (χ1) is 4.83. The molecule has 1 fully saturated rings. The van der Waals surface area contributed by atoms with Crippen molar-refractivity contribution >= 4 is 12.6 Å². The average Bonchev–Trinajstić information content (AvgIpc) is 2.06. The van der Waals surface area contributed by atoms with Crippen molar-refractivity contribution in [2.45, 2.75) is 37.7 Å². The first-order valence-electron chi connectivity index (χ1n) is 3.99. The van der Waals surface area contributed by atoms with Gasteiger partial charge in [0.2, 0.25) is 0 Å². The fourth-order valence-corrected chi connectivity index (χ4v) is 2.07. The summed E-state index contributed by atoms with van der Waals surface area (Å²) in [6.07, 6.45) is 6.40. The van der Waals surface area contributed by atoms with Crippen molar-refractivity contribution in [3.05, 3.63) is 0 Å². The molecule has 0 aromatic carbocycles. The van der Waals surface area contributed by atoms with Crippen molar-refractivity contribution in [2.24, 2.45) is 0 Å². The topological polar surface area (TPSA) is 9.23 Å². The molecule has 0 bridgehead atoms. The number of ether oxygens (including phenoxy) is 1. The molecule has 0 unspecified atom stereocenters. The Morgan fingerprint density at radius 3 is 2.20 bits per heavy atom. The second-order valence-electron chi connectivity index (χ2n) is 3.11. The first-order valence-corrected chi connectivity index (χ1v) is 4.62. The van der Waals surface area contributed by atoms with E-state index >= 15 is 0 Å². The Balaban J connectivity index is 2.44. The van der Waals surface area contributed by atoms with Crippen LogP contribution in [0.2, 0.25) is 0 Å². The van der Waals surface area contributed by atoms with Crippen LogP contribution in [0.5, 0.6) is 0 Å². The van der Waals surface area contributed by atoms with Gasteiger partial charge in [-0.1, -0.05) is 19.3 Å². The minimum Gasteiger partial charge on any atom is -0.377 e. The van der Waals surface area contributed by atoms with E-state index in [0.717, 1.165) is 5.75 Å². The van der Waals surface area contributed by atoms with Crippen molar-refractivity contribution in [1.29, 1.82) is 0 Å². The number of thiol groups is 1. The van der Waals surface area contributed by atoms with Crippen LogP contribution >= 0.6 is 12.6 Å². The molecular formula is C8H16OS. The van der Waals surface area contributed by atoms with Gasteiger partial charge < -0.3 is 4.74 Å². The molecule has 1 aliphatic rings. The fraction of sp³-hybridized carbons (Fsp3) is 1.00. The molecule has 1 rings (SSSR count). The van der Waals surface area contributed by atoms with Crippen LogP contribution in [0.15, 0.2) is 0 Å². The predicted molar refractivity (Wildman–Crippen MR) is 46.7 cm³/mol. The SMILES string of the molecule is COC1(CS)CCCCC1. The third-order valence-electron chi connectivity index (χ3n) is 2.49. The number of hydrogen-bond donors (Lipinski definition) is 1. The van der Waals surface area contributed by atoms with Gasteiger partial charge in [0.1, 0.15) is 0 Å². The lowest BCUT2D eigenvalue weighted by atomic mass is 9.86. The summed E-state index contributed by atoms with van der Waals surface area (Å²) >= 11 is 4.30. The van der Waals surface area contributed by atoms with E-state index in [1.807, 2.05) is 7.11 Å². The van der Waals surface area contributed by atoms with E-state index < -0.39 is 0 Å². The van der Waals surface area contributed by atoms with Crippen molar-refractivity contribution in [2.75, 3.05) is 12.9 Å². The normalized spacial score (nSPS) is 24.6. The van der Waals surface area contributed by atoms with E-state index in [1.54, 1.807) is 0 Å². The zero-order valence-corrected chi connectivity index (χ0v) is 7.49. The Bertz CT molecular complexity index is 91.4. The quantitative estimate of drug-likeness (QED) is 0.610. The van der Waals surface area contributed by atoms with Gasteiger partial charge in [0.15, 0.2) is 0 Å². The molecule has 1 saturated carbocycles. The zero-order chi connectivity index (χ0) is 7.45. The first kappa shape index (κ1) is 8.41. The second kappa shape index (κ2) is 3.63. The molecule has 0 radical (unpaired) electrons. The number of rotatable bonds is 2. The molecule has 0 atom stereocenters. The van der Waals surface area contributed by atoms with E-state index in [-0.39, 0.29) is 5.60 Å². The van der Waals surface area contributed by atoms with Crippen LogP contribution in [0.1, 0.15) is 32.1 Å². The maximum Gasteiger partial charge on any atom is 0.0766 e. The van der Waals surface area contributed by atoms with Gasteiger partial charge in [-0.25, -0.2) is 0 Å². The summed E-state index contributed by atoms with van der Waals surface area (Å²) in [6.45, 7) is 0. The summed E-state index contributed by atoms with van der Waals surface area (Å²) < 4.78 is 5.45. The monoisotopic (exact) mass is 160 g/mol. The molecule has 0 spiro atoms. The lowest BCUT2D eigenvalue weighted by Crippen LogP contribution is -2.35. The Morgan fingerprint density at radius 1 is 1.30 bits per heavy atom. The summed E-state index contributed by atoms with van der Waals surface area (Å²) in [7, 11) is 1.81. The Labute approximate surface area is 68.6 Å². The van der Waals surface area contributed by atoms with Crippen LogP contribution in [-0.2, 0) is 4.74 Å². The van der Waals surface area contributed by atoms with Crippen molar-refractivity contribution in [3.8, 4) is 0 Å². The summed E-state index contributed by atoms with van der Waals surface area (Å²) in [6, 6.07) is 0. The highest BCUT2D eigenvalue weighted by Gasteiger charge is 2.29. The third kappa shape index (κ3) is 1.67. The molecule has 0 aliphatic heterocycles. The summed E-state index contributed by atoms with van der Waals surface area (Å²) in [5.41, 5.74) is 0.126. The predicted octanol–water partition coefficient (Wildman–Crippen LogP) is 2.27. The second-order valence-corrected chi connectivity index (χ2v) is 3.42. The van der Waals surface area contributed by atoms with Crippen LogP contribution in [0.3, 0.4) is 0 Å². The van der Waals surface area contributed by atoms with Gasteiger partial charge >= 0.3 is 0 Å². The molecular weight excluding hydrogens is 144 g/mol. The van der Waals surface area contributed by atoms with Crippen LogP contribution in [0.4, 0.5) is 0 Å². The van der Waals surface area contributed by atoms with Gasteiger partial charge in [-0.2, -0.15) is 12.6 Å². The summed E-state index contributed by atoms with van der Waals surface area (Å²) in [4.78, 5) is 0. The van der Waals surface area contributed by atoms with Crippen molar-refractivity contribution in [1.82, 2.24) is 0 Å². The van der Waals surface area contributed by atoms with Gasteiger partial charge in [0.25, 0.3) is 0 Å². The van der Waals surface area contributed by atoms with Gasteiger partial charge in [-0.15, -0.1) is 0 Å². The van der Waals surface area contributed by atoms with Crippen molar-refractivity contribution < 1.29 is 4.74 Å². The molecule has 0 aromatic heterocycles. The highest BCUT2D eigenvalue weighted by molar-refractivity contribution is 7.80. The zero-order valence-electron chi connectivity index (χ0n) is 6.60. The van der Waals surface area contributed by atoms with Crippen LogP contribution in [0.25, 0.3) is 0 Å². The molecule has 0 N–H and O–H groups in total. The van der Waals surface area contributed by atoms with Crippen LogP contribution in [-0.4, -0.2) is 18.5 Å². The maximum atomic E-state index is 5.45. The van der Waals surface area contributed by atoms with Gasteiger partial charge in [0, 0.05) is 12.9 Å².